The monoisotopic (exact) mass is 250 g/mol. The molecule has 1 aromatic rings. The van der Waals surface area contributed by atoms with Gasteiger partial charge in [0.15, 0.2) is 5.67 Å². The van der Waals surface area contributed by atoms with Crippen molar-refractivity contribution in [3.63, 3.8) is 0 Å². The molecule has 18 heavy (non-hydrogen) atoms. The predicted octanol–water partition coefficient (Wildman–Crippen LogP) is 3.39. The molecule has 1 aliphatic rings. The maximum atomic E-state index is 14.8. The van der Waals surface area contributed by atoms with Crippen LogP contribution >= 0.6 is 0 Å². The van der Waals surface area contributed by atoms with Gasteiger partial charge in [-0.3, -0.25) is 4.98 Å². The lowest BCUT2D eigenvalue weighted by atomic mass is 9.88. The highest BCUT2D eigenvalue weighted by atomic mass is 19.1. The van der Waals surface area contributed by atoms with E-state index in [0.717, 1.165) is 19.6 Å². The fraction of sp³-hybridized carbons (Fsp3) is 0.667. The molecule has 0 aliphatic carbocycles. The molecule has 1 fully saturated rings. The van der Waals surface area contributed by atoms with Crippen LogP contribution < -0.4 is 0 Å². The molecule has 0 bridgehead atoms. The van der Waals surface area contributed by atoms with Crippen molar-refractivity contribution in [2.45, 2.75) is 39.3 Å². The highest BCUT2D eigenvalue weighted by Gasteiger charge is 2.37. The fourth-order valence-corrected chi connectivity index (χ4v) is 2.62. The minimum Gasteiger partial charge on any atom is -0.303 e. The van der Waals surface area contributed by atoms with E-state index in [4.69, 9.17) is 0 Å². The van der Waals surface area contributed by atoms with Crippen LogP contribution in [0.5, 0.6) is 0 Å². The van der Waals surface area contributed by atoms with Crippen LogP contribution in [-0.2, 0) is 5.67 Å². The normalized spacial score (nSPS) is 20.9. The number of likely N-dealkylation sites (tertiary alicyclic amines) is 1. The third-order valence-electron chi connectivity index (χ3n) is 3.47. The molecule has 1 aromatic heterocycles. The van der Waals surface area contributed by atoms with Crippen molar-refractivity contribution in [2.75, 3.05) is 19.6 Å². The summed E-state index contributed by atoms with van der Waals surface area (Å²) in [5, 5.41) is 0. The second-order valence-electron chi connectivity index (χ2n) is 6.52. The summed E-state index contributed by atoms with van der Waals surface area (Å²) in [6.07, 6.45) is 2.79. The molecule has 2 nitrogen and oxygen atoms in total. The van der Waals surface area contributed by atoms with Crippen molar-refractivity contribution in [3.05, 3.63) is 30.1 Å². The van der Waals surface area contributed by atoms with E-state index in [-0.39, 0.29) is 5.41 Å². The first kappa shape index (κ1) is 13.5. The average Bonchev–Trinajstić information content (AvgIpc) is 2.32. The first-order valence-electron chi connectivity index (χ1n) is 6.72. The van der Waals surface area contributed by atoms with Gasteiger partial charge in [-0.25, -0.2) is 4.39 Å². The summed E-state index contributed by atoms with van der Waals surface area (Å²) in [6.45, 7) is 9.36. The Bertz CT molecular complexity index is 375. The quantitative estimate of drug-likeness (QED) is 0.800. The summed E-state index contributed by atoms with van der Waals surface area (Å²) in [5.41, 5.74) is -0.350. The predicted molar refractivity (Wildman–Crippen MR) is 72.2 cm³/mol. The number of alkyl halides is 1. The van der Waals surface area contributed by atoms with Gasteiger partial charge >= 0.3 is 0 Å². The molecule has 2 heterocycles. The Balaban J connectivity index is 1.98. The lowest BCUT2D eigenvalue weighted by molar-refractivity contribution is 0.0385. The van der Waals surface area contributed by atoms with Crippen molar-refractivity contribution in [3.8, 4) is 0 Å². The number of nitrogens with zero attached hydrogens (tertiary/aromatic N) is 2. The molecule has 1 aliphatic heterocycles. The van der Waals surface area contributed by atoms with E-state index in [9.17, 15) is 4.39 Å². The Hall–Kier alpha value is -0.960. The summed E-state index contributed by atoms with van der Waals surface area (Å²) in [5.74, 6) is 0. The summed E-state index contributed by atoms with van der Waals surface area (Å²) < 4.78 is 14.8. The van der Waals surface area contributed by atoms with E-state index in [1.54, 1.807) is 12.3 Å². The standard InChI is InChI=1S/C15H23FN2/c1-14(2,3)12-18-10-7-15(16,8-11-18)13-6-4-5-9-17-13/h4-6,9H,7-8,10-12H2,1-3H3. The molecule has 0 spiro atoms. The highest BCUT2D eigenvalue weighted by molar-refractivity contribution is 5.14. The zero-order valence-corrected chi connectivity index (χ0v) is 11.6. The molecule has 0 saturated carbocycles. The maximum absolute atomic E-state index is 14.8. The van der Waals surface area contributed by atoms with Crippen LogP contribution in [0.2, 0.25) is 0 Å². The zero-order valence-electron chi connectivity index (χ0n) is 11.6. The number of aromatic nitrogens is 1. The molecule has 100 valence electrons. The van der Waals surface area contributed by atoms with Crippen LogP contribution in [0.1, 0.15) is 39.3 Å². The minimum atomic E-state index is -1.23. The van der Waals surface area contributed by atoms with Gasteiger partial charge < -0.3 is 4.90 Å². The van der Waals surface area contributed by atoms with Crippen LogP contribution in [0.4, 0.5) is 4.39 Å². The lowest BCUT2D eigenvalue weighted by Gasteiger charge is -2.38. The summed E-state index contributed by atoms with van der Waals surface area (Å²) in [4.78, 5) is 6.54. The first-order valence-corrected chi connectivity index (χ1v) is 6.72. The van der Waals surface area contributed by atoms with Gasteiger partial charge in [0.1, 0.15) is 0 Å². The van der Waals surface area contributed by atoms with E-state index in [1.165, 1.54) is 0 Å². The smallest absolute Gasteiger partial charge is 0.155 e. The summed E-state index contributed by atoms with van der Waals surface area (Å²) >= 11 is 0. The van der Waals surface area contributed by atoms with Gasteiger partial charge in [0, 0.05) is 25.8 Å². The highest BCUT2D eigenvalue weighted by Crippen LogP contribution is 2.36. The minimum absolute atomic E-state index is 0.279. The second kappa shape index (κ2) is 4.96. The number of hydrogen-bond donors (Lipinski definition) is 0. The van der Waals surface area contributed by atoms with E-state index in [1.807, 2.05) is 12.1 Å². The molecule has 0 radical (unpaired) electrons. The maximum Gasteiger partial charge on any atom is 0.155 e. The van der Waals surface area contributed by atoms with Gasteiger partial charge in [-0.1, -0.05) is 26.8 Å². The fourth-order valence-electron chi connectivity index (χ4n) is 2.62. The van der Waals surface area contributed by atoms with Gasteiger partial charge in [0.05, 0.1) is 5.69 Å². The van der Waals surface area contributed by atoms with Gasteiger partial charge in [0.2, 0.25) is 0 Å². The van der Waals surface area contributed by atoms with Gasteiger partial charge in [-0.2, -0.15) is 0 Å². The van der Waals surface area contributed by atoms with Crippen LogP contribution in [0.3, 0.4) is 0 Å². The molecule has 0 N–H and O–H groups in total. The largest absolute Gasteiger partial charge is 0.303 e. The third kappa shape index (κ3) is 3.29. The van der Waals surface area contributed by atoms with Crippen molar-refractivity contribution in [1.82, 2.24) is 9.88 Å². The van der Waals surface area contributed by atoms with E-state index in [0.29, 0.717) is 18.5 Å². The number of piperidine rings is 1. The molecule has 0 amide bonds. The van der Waals surface area contributed by atoms with Crippen LogP contribution in [0.15, 0.2) is 24.4 Å². The SMILES string of the molecule is CC(C)(C)CN1CCC(F)(c2ccccn2)CC1. The van der Waals surface area contributed by atoms with Gasteiger partial charge in [0.25, 0.3) is 0 Å². The van der Waals surface area contributed by atoms with E-state index >= 15 is 0 Å². The Morgan fingerprint density at radius 2 is 1.94 bits per heavy atom. The van der Waals surface area contributed by atoms with Crippen molar-refractivity contribution < 1.29 is 4.39 Å². The molecule has 0 atom stereocenters. The second-order valence-corrected chi connectivity index (χ2v) is 6.52. The lowest BCUT2D eigenvalue weighted by Crippen LogP contribution is -2.43. The van der Waals surface area contributed by atoms with E-state index in [2.05, 4.69) is 30.7 Å². The molecule has 1 saturated heterocycles. The van der Waals surface area contributed by atoms with Crippen molar-refractivity contribution >= 4 is 0 Å². The van der Waals surface area contributed by atoms with Gasteiger partial charge in [-0.15, -0.1) is 0 Å². The van der Waals surface area contributed by atoms with E-state index < -0.39 is 5.67 Å². The Morgan fingerprint density at radius 3 is 2.44 bits per heavy atom. The molecular formula is C15H23FN2. The van der Waals surface area contributed by atoms with Crippen molar-refractivity contribution in [2.24, 2.45) is 5.41 Å². The molecule has 0 unspecified atom stereocenters. The molecule has 3 heteroatoms. The Morgan fingerprint density at radius 1 is 1.28 bits per heavy atom. The molecular weight excluding hydrogens is 227 g/mol. The molecule has 2 rings (SSSR count). The van der Waals surface area contributed by atoms with Crippen LogP contribution in [-0.4, -0.2) is 29.5 Å². The third-order valence-corrected chi connectivity index (χ3v) is 3.47. The summed E-state index contributed by atoms with van der Waals surface area (Å²) in [6, 6.07) is 5.51. The zero-order chi connectivity index (χ0) is 13.2. The van der Waals surface area contributed by atoms with Crippen LogP contribution in [0, 0.1) is 5.41 Å². The number of halogens is 1. The van der Waals surface area contributed by atoms with Gasteiger partial charge in [-0.05, 0) is 30.4 Å². The number of pyridine rings is 1. The summed E-state index contributed by atoms with van der Waals surface area (Å²) in [7, 11) is 0. The van der Waals surface area contributed by atoms with Crippen molar-refractivity contribution in [1.29, 1.82) is 0 Å². The Kier molecular flexibility index (Phi) is 3.71. The average molecular weight is 250 g/mol. The molecule has 0 aromatic carbocycles. The number of rotatable bonds is 2. The Labute approximate surface area is 109 Å². The van der Waals surface area contributed by atoms with Crippen LogP contribution in [0.25, 0.3) is 0 Å². The topological polar surface area (TPSA) is 16.1 Å². The number of hydrogen-bond acceptors (Lipinski definition) is 2. The first-order chi connectivity index (χ1) is 8.39.